The zero-order valence-electron chi connectivity index (χ0n) is 23.2. The first-order chi connectivity index (χ1) is 18.5. The Morgan fingerprint density at radius 2 is 1.95 bits per heavy atom. The molecule has 2 aromatic carbocycles. The number of halogens is 1. The lowest BCUT2D eigenvalue weighted by molar-refractivity contribution is -0.143. The molecule has 3 N–H and O–H groups in total. The molecule has 2 aromatic rings. The fourth-order valence-corrected chi connectivity index (χ4v) is 4.75. The molecule has 1 aliphatic rings. The highest BCUT2D eigenvalue weighted by atomic mass is 35.5. The third-order valence-corrected chi connectivity index (χ3v) is 6.95. The number of nitrogens with zero attached hydrogens (tertiary/aromatic N) is 2. The number of hydrazine groups is 1. The van der Waals surface area contributed by atoms with Gasteiger partial charge in [-0.25, -0.2) is 9.80 Å². The SMILES string of the molecule is CC(=O)OC[C@@](C)(/C=C/[C@@H]1CCCN1C(=O)N(Cc1ccc(C)cc1)NC(=O)[C@H](C)N)Cc1cccc(Cl)c1. The third-order valence-electron chi connectivity index (χ3n) is 6.72. The van der Waals surface area contributed by atoms with E-state index >= 15 is 0 Å². The van der Waals surface area contributed by atoms with E-state index in [-0.39, 0.29) is 31.2 Å². The Bertz CT molecular complexity index is 1180. The molecule has 3 atom stereocenters. The van der Waals surface area contributed by atoms with Crippen molar-refractivity contribution in [1.82, 2.24) is 15.3 Å². The molecular formula is C30H39ClN4O4. The molecule has 0 radical (unpaired) electrons. The van der Waals surface area contributed by atoms with E-state index in [1.165, 1.54) is 11.9 Å². The number of amides is 3. The van der Waals surface area contributed by atoms with E-state index in [0.717, 1.165) is 29.5 Å². The summed E-state index contributed by atoms with van der Waals surface area (Å²) < 4.78 is 5.41. The van der Waals surface area contributed by atoms with Gasteiger partial charge < -0.3 is 15.4 Å². The first-order valence-corrected chi connectivity index (χ1v) is 13.6. The maximum atomic E-state index is 13.7. The van der Waals surface area contributed by atoms with Gasteiger partial charge in [-0.05, 0) is 56.4 Å². The van der Waals surface area contributed by atoms with E-state index < -0.39 is 17.4 Å². The van der Waals surface area contributed by atoms with Crippen molar-refractivity contribution in [3.05, 3.63) is 82.4 Å². The highest BCUT2D eigenvalue weighted by molar-refractivity contribution is 6.30. The quantitative estimate of drug-likeness (QED) is 0.264. The summed E-state index contributed by atoms with van der Waals surface area (Å²) in [6.07, 6.45) is 6.24. The first kappa shape index (κ1) is 30.2. The van der Waals surface area contributed by atoms with Gasteiger partial charge in [0.1, 0.15) is 6.61 Å². The summed E-state index contributed by atoms with van der Waals surface area (Å²) in [5.41, 5.74) is 11.0. The number of carbonyl (C=O) groups excluding carboxylic acids is 3. The van der Waals surface area contributed by atoms with Gasteiger partial charge >= 0.3 is 12.0 Å². The minimum atomic E-state index is -0.763. The number of rotatable bonds is 9. The first-order valence-electron chi connectivity index (χ1n) is 13.2. The van der Waals surface area contributed by atoms with E-state index in [2.05, 4.69) is 5.43 Å². The second-order valence-electron chi connectivity index (χ2n) is 10.6. The van der Waals surface area contributed by atoms with E-state index in [1.54, 1.807) is 11.8 Å². The van der Waals surface area contributed by atoms with Crippen LogP contribution >= 0.6 is 11.6 Å². The molecule has 0 saturated carbocycles. The fourth-order valence-electron chi connectivity index (χ4n) is 4.53. The van der Waals surface area contributed by atoms with Crippen molar-refractivity contribution in [3.63, 3.8) is 0 Å². The average Bonchev–Trinajstić information content (AvgIpc) is 3.35. The van der Waals surface area contributed by atoms with Crippen molar-refractivity contribution in [1.29, 1.82) is 0 Å². The van der Waals surface area contributed by atoms with Crippen LogP contribution in [0.4, 0.5) is 4.79 Å². The van der Waals surface area contributed by atoms with Gasteiger partial charge in [-0.3, -0.25) is 15.0 Å². The Labute approximate surface area is 236 Å². The zero-order chi connectivity index (χ0) is 28.6. The lowest BCUT2D eigenvalue weighted by Gasteiger charge is -2.32. The molecule has 1 fully saturated rings. The normalized spacial score (nSPS) is 17.5. The second kappa shape index (κ2) is 13.6. The van der Waals surface area contributed by atoms with Crippen LogP contribution in [0.2, 0.25) is 5.02 Å². The molecule has 39 heavy (non-hydrogen) atoms. The Morgan fingerprint density at radius 1 is 1.23 bits per heavy atom. The number of hydrogen-bond donors (Lipinski definition) is 2. The van der Waals surface area contributed by atoms with Crippen molar-refractivity contribution in [3.8, 4) is 0 Å². The Kier molecular flexibility index (Phi) is 10.5. The van der Waals surface area contributed by atoms with Gasteiger partial charge in [0.25, 0.3) is 5.91 Å². The van der Waals surface area contributed by atoms with Crippen LogP contribution in [-0.2, 0) is 27.3 Å². The molecule has 0 bridgehead atoms. The Morgan fingerprint density at radius 3 is 2.59 bits per heavy atom. The van der Waals surface area contributed by atoms with Gasteiger partial charge in [0.2, 0.25) is 0 Å². The van der Waals surface area contributed by atoms with Gasteiger partial charge in [0, 0.05) is 23.9 Å². The van der Waals surface area contributed by atoms with Crippen LogP contribution in [0, 0.1) is 12.3 Å². The van der Waals surface area contributed by atoms with Crippen LogP contribution in [0.3, 0.4) is 0 Å². The summed E-state index contributed by atoms with van der Waals surface area (Å²) in [5, 5.41) is 1.98. The lowest BCUT2D eigenvalue weighted by Crippen LogP contribution is -2.55. The van der Waals surface area contributed by atoms with Crippen molar-refractivity contribution < 1.29 is 19.1 Å². The van der Waals surface area contributed by atoms with E-state index in [4.69, 9.17) is 22.1 Å². The van der Waals surface area contributed by atoms with Gasteiger partial charge in [-0.1, -0.05) is 72.6 Å². The molecule has 3 amide bonds. The van der Waals surface area contributed by atoms with Crippen LogP contribution in [0.1, 0.15) is 50.3 Å². The summed E-state index contributed by atoms with van der Waals surface area (Å²) in [7, 11) is 0. The van der Waals surface area contributed by atoms with Crippen LogP contribution in [0.15, 0.2) is 60.7 Å². The molecule has 9 heteroatoms. The maximum absolute atomic E-state index is 13.7. The number of esters is 1. The van der Waals surface area contributed by atoms with E-state index in [0.29, 0.717) is 18.0 Å². The third kappa shape index (κ3) is 9.11. The number of urea groups is 1. The number of hydrogen-bond acceptors (Lipinski definition) is 5. The number of carbonyl (C=O) groups is 3. The molecule has 1 aliphatic heterocycles. The summed E-state index contributed by atoms with van der Waals surface area (Å²) >= 11 is 6.20. The van der Waals surface area contributed by atoms with Crippen molar-refractivity contribution in [2.24, 2.45) is 11.1 Å². The molecule has 210 valence electrons. The van der Waals surface area contributed by atoms with Crippen LogP contribution in [0.25, 0.3) is 0 Å². The van der Waals surface area contributed by atoms with Crippen LogP contribution < -0.4 is 11.2 Å². The number of ether oxygens (including phenoxy) is 1. The van der Waals surface area contributed by atoms with E-state index in [1.807, 2.05) is 74.5 Å². The number of benzene rings is 2. The highest BCUT2D eigenvalue weighted by Crippen LogP contribution is 2.29. The fraction of sp³-hybridized carbons (Fsp3) is 0.433. The predicted molar refractivity (Wildman–Crippen MR) is 153 cm³/mol. The summed E-state index contributed by atoms with van der Waals surface area (Å²) in [4.78, 5) is 39.6. The van der Waals surface area contributed by atoms with Crippen molar-refractivity contribution in [2.45, 2.75) is 65.6 Å². The van der Waals surface area contributed by atoms with Gasteiger partial charge in [0.05, 0.1) is 18.6 Å². The summed E-state index contributed by atoms with van der Waals surface area (Å²) in [6.45, 7) is 7.93. The largest absolute Gasteiger partial charge is 0.465 e. The molecule has 8 nitrogen and oxygen atoms in total. The van der Waals surface area contributed by atoms with Crippen LogP contribution in [-0.4, -0.2) is 53.1 Å². The highest BCUT2D eigenvalue weighted by Gasteiger charge is 2.33. The molecule has 1 heterocycles. The lowest BCUT2D eigenvalue weighted by atomic mass is 9.83. The molecule has 1 saturated heterocycles. The van der Waals surface area contributed by atoms with Gasteiger partial charge in [-0.15, -0.1) is 0 Å². The Hall–Kier alpha value is -3.36. The molecule has 0 spiro atoms. The molecule has 3 rings (SSSR count). The number of aryl methyl sites for hydroxylation is 1. The minimum Gasteiger partial charge on any atom is -0.465 e. The maximum Gasteiger partial charge on any atom is 0.339 e. The Balaban J connectivity index is 1.81. The number of nitrogens with two attached hydrogens (primary N) is 1. The summed E-state index contributed by atoms with van der Waals surface area (Å²) in [6, 6.07) is 14.2. The zero-order valence-corrected chi connectivity index (χ0v) is 23.9. The van der Waals surface area contributed by atoms with Crippen LogP contribution in [0.5, 0.6) is 0 Å². The smallest absolute Gasteiger partial charge is 0.339 e. The second-order valence-corrected chi connectivity index (χ2v) is 11.1. The molecule has 0 aliphatic carbocycles. The number of likely N-dealkylation sites (tertiary alicyclic amines) is 1. The standard InChI is InChI=1S/C30H39ClN4O4/c1-21-10-12-24(13-11-21)19-35(33-28(37)22(2)32)29(38)34-16-6-9-27(34)14-15-30(4,20-39-23(3)36)18-25-7-5-8-26(31)17-25/h5,7-8,10-15,17,22,27H,6,9,16,18-20,32H2,1-4H3,(H,33,37)/b15-14+/t22-,27-,30-/m0/s1. The van der Waals surface area contributed by atoms with Crippen molar-refractivity contribution in [2.75, 3.05) is 13.2 Å². The molecule has 0 aromatic heterocycles. The van der Waals surface area contributed by atoms with Gasteiger partial charge in [-0.2, -0.15) is 0 Å². The summed E-state index contributed by atoms with van der Waals surface area (Å²) in [5.74, 6) is -0.785. The van der Waals surface area contributed by atoms with Crippen molar-refractivity contribution >= 4 is 29.5 Å². The average molecular weight is 555 g/mol. The molecule has 0 unspecified atom stereocenters. The minimum absolute atomic E-state index is 0.179. The number of nitrogens with one attached hydrogen (secondary N) is 1. The molecular weight excluding hydrogens is 516 g/mol. The predicted octanol–water partition coefficient (Wildman–Crippen LogP) is 4.78. The topological polar surface area (TPSA) is 105 Å². The van der Waals surface area contributed by atoms with E-state index in [9.17, 15) is 14.4 Å². The monoisotopic (exact) mass is 554 g/mol. The van der Waals surface area contributed by atoms with Gasteiger partial charge in [0.15, 0.2) is 0 Å².